The van der Waals surface area contributed by atoms with Crippen molar-refractivity contribution in [3.8, 4) is 0 Å². The van der Waals surface area contributed by atoms with Gasteiger partial charge < -0.3 is 19.7 Å². The molecule has 3 aliphatic rings. The lowest BCUT2D eigenvalue weighted by atomic mass is 9.67. The number of amides is 2. The van der Waals surface area contributed by atoms with Crippen molar-refractivity contribution < 1.29 is 14.3 Å². The van der Waals surface area contributed by atoms with E-state index in [1.165, 1.54) is 19.3 Å². The van der Waals surface area contributed by atoms with Crippen LogP contribution in [0.4, 0.5) is 4.79 Å². The van der Waals surface area contributed by atoms with Gasteiger partial charge in [0, 0.05) is 25.6 Å². The van der Waals surface area contributed by atoms with Crippen molar-refractivity contribution in [2.75, 3.05) is 32.8 Å². The highest BCUT2D eigenvalue weighted by Crippen LogP contribution is 2.43. The molecule has 2 aliphatic heterocycles. The zero-order valence-corrected chi connectivity index (χ0v) is 14.0. The van der Waals surface area contributed by atoms with E-state index in [0.717, 1.165) is 38.9 Å². The van der Waals surface area contributed by atoms with Gasteiger partial charge in [0.1, 0.15) is 0 Å². The van der Waals surface area contributed by atoms with Gasteiger partial charge >= 0.3 is 6.03 Å². The van der Waals surface area contributed by atoms with Gasteiger partial charge in [-0.05, 0) is 44.4 Å². The van der Waals surface area contributed by atoms with Crippen molar-refractivity contribution in [2.24, 2.45) is 11.3 Å². The fourth-order valence-electron chi connectivity index (χ4n) is 4.06. The first kappa shape index (κ1) is 16.1. The summed E-state index contributed by atoms with van der Waals surface area (Å²) in [6, 6.07) is 0.0889. The second-order valence-electron chi connectivity index (χ2n) is 7.36. The van der Waals surface area contributed by atoms with E-state index in [2.05, 4.69) is 12.2 Å². The highest BCUT2D eigenvalue weighted by Gasteiger charge is 2.43. The van der Waals surface area contributed by atoms with E-state index < -0.39 is 5.79 Å². The number of carbonyl (C=O) groups excluding carboxylic acids is 1. The summed E-state index contributed by atoms with van der Waals surface area (Å²) >= 11 is 0. The number of nitrogens with one attached hydrogen (secondary N) is 1. The van der Waals surface area contributed by atoms with Gasteiger partial charge in [-0.1, -0.05) is 13.3 Å². The molecule has 2 saturated heterocycles. The third-order valence-electron chi connectivity index (χ3n) is 6.09. The van der Waals surface area contributed by atoms with Crippen molar-refractivity contribution >= 4 is 6.03 Å². The predicted octanol–water partition coefficient (Wildman–Crippen LogP) is 2.75. The Morgan fingerprint density at radius 1 is 1.27 bits per heavy atom. The van der Waals surface area contributed by atoms with E-state index in [0.29, 0.717) is 18.6 Å². The molecule has 0 aromatic carbocycles. The lowest BCUT2D eigenvalue weighted by molar-refractivity contribution is -0.189. The monoisotopic (exact) mass is 310 g/mol. The Kier molecular flexibility index (Phi) is 4.64. The Hall–Kier alpha value is -0.810. The van der Waals surface area contributed by atoms with Crippen LogP contribution in [0.2, 0.25) is 0 Å². The van der Waals surface area contributed by atoms with Crippen molar-refractivity contribution in [3.05, 3.63) is 0 Å². The summed E-state index contributed by atoms with van der Waals surface area (Å²) in [4.78, 5) is 14.4. The van der Waals surface area contributed by atoms with E-state index in [9.17, 15) is 4.79 Å². The lowest BCUT2D eigenvalue weighted by Gasteiger charge is -2.43. The maximum Gasteiger partial charge on any atom is 0.317 e. The number of hydrogen-bond acceptors (Lipinski definition) is 3. The topological polar surface area (TPSA) is 50.8 Å². The second-order valence-corrected chi connectivity index (χ2v) is 7.36. The smallest absolute Gasteiger partial charge is 0.317 e. The minimum atomic E-state index is -0.502. The summed E-state index contributed by atoms with van der Waals surface area (Å²) in [5, 5.41) is 3.18. The summed E-state index contributed by atoms with van der Waals surface area (Å²) in [7, 11) is 0. The highest BCUT2D eigenvalue weighted by atomic mass is 16.7. The third-order valence-corrected chi connectivity index (χ3v) is 6.09. The molecule has 0 aromatic heterocycles. The molecular formula is C17H30N2O3. The predicted molar refractivity (Wildman–Crippen MR) is 84.6 cm³/mol. The fourth-order valence-corrected chi connectivity index (χ4v) is 4.06. The molecule has 0 radical (unpaired) electrons. The molecule has 1 N–H and O–H groups in total. The molecule has 1 atom stereocenters. The summed E-state index contributed by atoms with van der Waals surface area (Å²) in [6.07, 6.45) is 7.08. The Labute approximate surface area is 133 Å². The first-order valence-electron chi connectivity index (χ1n) is 8.88. The van der Waals surface area contributed by atoms with Crippen LogP contribution in [0, 0.1) is 11.3 Å². The van der Waals surface area contributed by atoms with Crippen LogP contribution < -0.4 is 5.32 Å². The average molecular weight is 310 g/mol. The number of ether oxygens (including phenoxy) is 2. The molecule has 1 unspecified atom stereocenters. The van der Waals surface area contributed by atoms with Crippen molar-refractivity contribution in [3.63, 3.8) is 0 Å². The number of nitrogens with zero attached hydrogens (tertiary/aromatic N) is 1. The van der Waals surface area contributed by atoms with Crippen LogP contribution in [0.3, 0.4) is 0 Å². The van der Waals surface area contributed by atoms with Crippen LogP contribution >= 0.6 is 0 Å². The Morgan fingerprint density at radius 2 is 2.00 bits per heavy atom. The molecule has 5 heteroatoms. The van der Waals surface area contributed by atoms with Crippen LogP contribution in [0.5, 0.6) is 0 Å². The zero-order valence-electron chi connectivity index (χ0n) is 14.0. The second kappa shape index (κ2) is 6.36. The summed E-state index contributed by atoms with van der Waals surface area (Å²) < 4.78 is 11.6. The van der Waals surface area contributed by atoms with Gasteiger partial charge in [-0.3, -0.25) is 0 Å². The Balaban J connectivity index is 1.52. The van der Waals surface area contributed by atoms with Gasteiger partial charge in [0.25, 0.3) is 0 Å². The molecule has 5 nitrogen and oxygen atoms in total. The third kappa shape index (κ3) is 3.11. The first-order valence-corrected chi connectivity index (χ1v) is 8.88. The number of hydrogen-bond donors (Lipinski definition) is 1. The SMILES string of the molecule is CCC1(CNC(=O)N2CCCC(C3(C)OCCO3)C2)CCC1. The standard InChI is InChI=1S/C17H30N2O3/c1-3-17(7-5-8-17)13-18-15(20)19-9-4-6-14(12-19)16(2)21-10-11-22-16/h14H,3-13H2,1-2H3,(H,18,20). The number of carbonyl (C=O) groups is 1. The number of likely N-dealkylation sites (tertiary alicyclic amines) is 1. The fraction of sp³-hybridized carbons (Fsp3) is 0.941. The van der Waals surface area contributed by atoms with E-state index in [1.807, 2.05) is 11.8 Å². The molecule has 0 aromatic rings. The Morgan fingerprint density at radius 3 is 2.59 bits per heavy atom. The van der Waals surface area contributed by atoms with Gasteiger partial charge in [0.15, 0.2) is 5.79 Å². The highest BCUT2D eigenvalue weighted by molar-refractivity contribution is 5.74. The maximum absolute atomic E-state index is 12.5. The summed E-state index contributed by atoms with van der Waals surface area (Å²) in [5.74, 6) is -0.226. The van der Waals surface area contributed by atoms with E-state index in [-0.39, 0.29) is 11.9 Å². The average Bonchev–Trinajstić information content (AvgIpc) is 2.95. The zero-order chi connectivity index (χ0) is 15.6. The Bertz CT molecular complexity index is 397. The largest absolute Gasteiger partial charge is 0.347 e. The molecule has 2 heterocycles. The first-order chi connectivity index (χ1) is 10.6. The van der Waals surface area contributed by atoms with Crippen LogP contribution in [0.25, 0.3) is 0 Å². The van der Waals surface area contributed by atoms with Gasteiger partial charge in [-0.2, -0.15) is 0 Å². The molecule has 0 spiro atoms. The minimum absolute atomic E-state index is 0.0889. The molecule has 1 aliphatic carbocycles. The van der Waals surface area contributed by atoms with E-state index >= 15 is 0 Å². The molecule has 0 bridgehead atoms. The lowest BCUT2D eigenvalue weighted by Crippen LogP contribution is -2.53. The number of piperidine rings is 1. The minimum Gasteiger partial charge on any atom is -0.347 e. The van der Waals surface area contributed by atoms with Gasteiger partial charge in [0.2, 0.25) is 0 Å². The maximum atomic E-state index is 12.5. The summed E-state index contributed by atoms with van der Waals surface area (Å²) in [6.45, 7) is 7.99. The van der Waals surface area contributed by atoms with Gasteiger partial charge in [-0.15, -0.1) is 0 Å². The normalized spacial score (nSPS) is 29.9. The van der Waals surface area contributed by atoms with Crippen LogP contribution in [0.15, 0.2) is 0 Å². The molecular weight excluding hydrogens is 280 g/mol. The van der Waals surface area contributed by atoms with Crippen LogP contribution in [-0.2, 0) is 9.47 Å². The molecule has 3 fully saturated rings. The quantitative estimate of drug-likeness (QED) is 0.868. The molecule has 22 heavy (non-hydrogen) atoms. The van der Waals surface area contributed by atoms with Crippen molar-refractivity contribution in [1.82, 2.24) is 10.2 Å². The van der Waals surface area contributed by atoms with E-state index in [1.54, 1.807) is 0 Å². The number of rotatable bonds is 4. The molecule has 126 valence electrons. The van der Waals surface area contributed by atoms with Crippen LogP contribution in [0.1, 0.15) is 52.4 Å². The van der Waals surface area contributed by atoms with Gasteiger partial charge in [-0.25, -0.2) is 4.79 Å². The van der Waals surface area contributed by atoms with E-state index in [4.69, 9.17) is 9.47 Å². The van der Waals surface area contributed by atoms with Crippen molar-refractivity contribution in [2.45, 2.75) is 58.2 Å². The molecule has 3 rings (SSSR count). The van der Waals surface area contributed by atoms with Crippen LogP contribution in [-0.4, -0.2) is 49.6 Å². The number of urea groups is 1. The van der Waals surface area contributed by atoms with Gasteiger partial charge in [0.05, 0.1) is 13.2 Å². The summed E-state index contributed by atoms with van der Waals surface area (Å²) in [5.41, 5.74) is 0.370. The van der Waals surface area contributed by atoms with Crippen molar-refractivity contribution in [1.29, 1.82) is 0 Å². The molecule has 1 saturated carbocycles. The molecule has 2 amide bonds.